The van der Waals surface area contributed by atoms with Crippen molar-refractivity contribution in [3.63, 3.8) is 0 Å². The number of urea groups is 1. The second-order valence-electron chi connectivity index (χ2n) is 3.96. The molecule has 0 aliphatic carbocycles. The molecule has 0 unspecified atom stereocenters. The summed E-state index contributed by atoms with van der Waals surface area (Å²) in [6.07, 6.45) is 1.62. The van der Waals surface area contributed by atoms with Crippen molar-refractivity contribution in [2.24, 2.45) is 0 Å². The fourth-order valence-electron chi connectivity index (χ4n) is 1.50. The molecule has 1 rings (SSSR count). The maximum Gasteiger partial charge on any atom is 0.371 e. The molecule has 0 aliphatic heterocycles. The zero-order chi connectivity index (χ0) is 15.0. The standard InChI is InChI=1S/C13H18N2O5/c1-3-6-15(7-8-19-2)13(18)14-9-10-4-5-11(20-10)12(16)17/h3-5H,1,6-9H2,2H3,(H,14,18)(H,16,17). The number of nitrogens with zero attached hydrogens (tertiary/aromatic N) is 1. The quantitative estimate of drug-likeness (QED) is 0.702. The largest absolute Gasteiger partial charge is 0.475 e. The van der Waals surface area contributed by atoms with E-state index in [1.165, 1.54) is 17.0 Å². The third-order valence-electron chi connectivity index (χ3n) is 2.49. The molecule has 0 radical (unpaired) electrons. The molecule has 0 spiro atoms. The van der Waals surface area contributed by atoms with Gasteiger partial charge in [0.25, 0.3) is 0 Å². The number of carbonyl (C=O) groups is 2. The predicted octanol–water partition coefficient (Wildman–Crippen LogP) is 1.32. The normalized spacial score (nSPS) is 10.1. The van der Waals surface area contributed by atoms with Crippen molar-refractivity contribution in [1.82, 2.24) is 10.2 Å². The van der Waals surface area contributed by atoms with E-state index in [0.29, 0.717) is 25.5 Å². The van der Waals surface area contributed by atoms with Crippen molar-refractivity contribution >= 4 is 12.0 Å². The third kappa shape index (κ3) is 4.77. The number of carboxylic acid groups (broad SMARTS) is 1. The van der Waals surface area contributed by atoms with Crippen molar-refractivity contribution in [1.29, 1.82) is 0 Å². The van der Waals surface area contributed by atoms with Gasteiger partial charge in [0, 0.05) is 20.2 Å². The lowest BCUT2D eigenvalue weighted by molar-refractivity contribution is 0.0660. The van der Waals surface area contributed by atoms with Gasteiger partial charge < -0.3 is 24.5 Å². The fraction of sp³-hybridized carbons (Fsp3) is 0.385. The number of furan rings is 1. The monoisotopic (exact) mass is 282 g/mol. The number of methoxy groups -OCH3 is 1. The second kappa shape index (κ2) is 8.00. The summed E-state index contributed by atoms with van der Waals surface area (Å²) in [4.78, 5) is 24.1. The molecule has 1 heterocycles. The average molecular weight is 282 g/mol. The minimum absolute atomic E-state index is 0.118. The fourth-order valence-corrected chi connectivity index (χ4v) is 1.50. The molecule has 20 heavy (non-hydrogen) atoms. The Balaban J connectivity index is 2.50. The first-order valence-electron chi connectivity index (χ1n) is 6.03. The summed E-state index contributed by atoms with van der Waals surface area (Å²) in [5.74, 6) is -0.923. The van der Waals surface area contributed by atoms with Gasteiger partial charge in [-0.2, -0.15) is 0 Å². The molecule has 1 aromatic rings. The first-order valence-corrected chi connectivity index (χ1v) is 6.03. The number of aromatic carboxylic acids is 1. The van der Waals surface area contributed by atoms with E-state index >= 15 is 0 Å². The van der Waals surface area contributed by atoms with Crippen LogP contribution < -0.4 is 5.32 Å². The van der Waals surface area contributed by atoms with Crippen molar-refractivity contribution in [3.05, 3.63) is 36.3 Å². The van der Waals surface area contributed by atoms with Crippen LogP contribution in [-0.2, 0) is 11.3 Å². The highest BCUT2D eigenvalue weighted by atomic mass is 16.5. The topological polar surface area (TPSA) is 92.0 Å². The van der Waals surface area contributed by atoms with Gasteiger partial charge in [0.2, 0.25) is 5.76 Å². The summed E-state index contributed by atoms with van der Waals surface area (Å²) in [7, 11) is 1.56. The van der Waals surface area contributed by atoms with Crippen LogP contribution in [0.2, 0.25) is 0 Å². The van der Waals surface area contributed by atoms with E-state index in [1.54, 1.807) is 13.2 Å². The minimum atomic E-state index is -1.14. The molecular formula is C13H18N2O5. The maximum absolute atomic E-state index is 11.9. The first kappa shape index (κ1) is 15.8. The van der Waals surface area contributed by atoms with Crippen molar-refractivity contribution in [2.45, 2.75) is 6.54 Å². The Kier molecular flexibility index (Phi) is 6.31. The first-order chi connectivity index (χ1) is 9.58. The Bertz CT molecular complexity index is 469. The van der Waals surface area contributed by atoms with Gasteiger partial charge in [0.15, 0.2) is 0 Å². The van der Waals surface area contributed by atoms with E-state index in [4.69, 9.17) is 14.3 Å². The van der Waals surface area contributed by atoms with Crippen LogP contribution >= 0.6 is 0 Å². The highest BCUT2D eigenvalue weighted by molar-refractivity contribution is 5.84. The van der Waals surface area contributed by atoms with Crippen LogP contribution in [-0.4, -0.2) is 48.8 Å². The second-order valence-corrected chi connectivity index (χ2v) is 3.96. The van der Waals surface area contributed by atoms with Gasteiger partial charge in [-0.25, -0.2) is 9.59 Å². The number of amides is 2. The van der Waals surface area contributed by atoms with Crippen LogP contribution in [0.15, 0.2) is 29.2 Å². The number of hydrogen-bond donors (Lipinski definition) is 2. The van der Waals surface area contributed by atoms with Gasteiger partial charge in [-0.05, 0) is 12.1 Å². The van der Waals surface area contributed by atoms with Crippen molar-refractivity contribution < 1.29 is 23.8 Å². The summed E-state index contributed by atoms with van der Waals surface area (Å²) < 4.78 is 9.96. The Morgan fingerprint density at radius 1 is 1.55 bits per heavy atom. The van der Waals surface area contributed by atoms with E-state index in [1.807, 2.05) is 0 Å². The Morgan fingerprint density at radius 2 is 2.30 bits per heavy atom. The van der Waals surface area contributed by atoms with Crippen molar-refractivity contribution in [3.8, 4) is 0 Å². The summed E-state index contributed by atoms with van der Waals surface area (Å²) in [5, 5.41) is 11.4. The lowest BCUT2D eigenvalue weighted by atomic mass is 10.4. The number of rotatable bonds is 8. The minimum Gasteiger partial charge on any atom is -0.475 e. The van der Waals surface area contributed by atoms with E-state index < -0.39 is 5.97 Å². The summed E-state index contributed by atoms with van der Waals surface area (Å²) in [6, 6.07) is 2.56. The van der Waals surface area contributed by atoms with Crippen LogP contribution in [0.3, 0.4) is 0 Å². The number of carbonyl (C=O) groups excluding carboxylic acids is 1. The highest BCUT2D eigenvalue weighted by Crippen LogP contribution is 2.07. The Morgan fingerprint density at radius 3 is 2.85 bits per heavy atom. The summed E-state index contributed by atoms with van der Waals surface area (Å²) in [6.45, 7) is 4.96. The number of ether oxygens (including phenoxy) is 1. The van der Waals surface area contributed by atoms with Gasteiger partial charge in [-0.15, -0.1) is 6.58 Å². The molecular weight excluding hydrogens is 264 g/mol. The molecule has 0 fully saturated rings. The summed E-state index contributed by atoms with van der Waals surface area (Å²) in [5.41, 5.74) is 0. The molecule has 2 N–H and O–H groups in total. The average Bonchev–Trinajstić information content (AvgIpc) is 2.90. The molecule has 1 aromatic heterocycles. The molecule has 0 aliphatic rings. The SMILES string of the molecule is C=CCN(CCOC)C(=O)NCc1ccc(C(=O)O)o1. The van der Waals surface area contributed by atoms with E-state index in [-0.39, 0.29) is 18.3 Å². The molecule has 0 saturated heterocycles. The van der Waals surface area contributed by atoms with Gasteiger partial charge in [-0.3, -0.25) is 0 Å². The smallest absolute Gasteiger partial charge is 0.371 e. The zero-order valence-corrected chi connectivity index (χ0v) is 11.3. The molecule has 2 amide bonds. The zero-order valence-electron chi connectivity index (χ0n) is 11.3. The third-order valence-corrected chi connectivity index (χ3v) is 2.49. The van der Waals surface area contributed by atoms with E-state index in [2.05, 4.69) is 11.9 Å². The molecule has 110 valence electrons. The van der Waals surface area contributed by atoms with Gasteiger partial charge in [-0.1, -0.05) is 6.08 Å². The molecule has 7 heteroatoms. The molecule has 0 atom stereocenters. The molecule has 0 aromatic carbocycles. The van der Waals surface area contributed by atoms with Crippen LogP contribution in [0.1, 0.15) is 16.3 Å². The molecule has 0 bridgehead atoms. The predicted molar refractivity (Wildman–Crippen MR) is 71.5 cm³/mol. The lowest BCUT2D eigenvalue weighted by Crippen LogP contribution is -2.41. The van der Waals surface area contributed by atoms with Crippen LogP contribution in [0.25, 0.3) is 0 Å². The van der Waals surface area contributed by atoms with Crippen LogP contribution in [0.5, 0.6) is 0 Å². The number of hydrogen-bond acceptors (Lipinski definition) is 4. The highest BCUT2D eigenvalue weighted by Gasteiger charge is 2.13. The van der Waals surface area contributed by atoms with Gasteiger partial charge in [0.05, 0.1) is 13.2 Å². The summed E-state index contributed by atoms with van der Waals surface area (Å²) >= 11 is 0. The van der Waals surface area contributed by atoms with E-state index in [9.17, 15) is 9.59 Å². The number of nitrogens with one attached hydrogen (secondary N) is 1. The molecule has 7 nitrogen and oxygen atoms in total. The Labute approximate surface area is 116 Å². The maximum atomic E-state index is 11.9. The van der Waals surface area contributed by atoms with Gasteiger partial charge >= 0.3 is 12.0 Å². The van der Waals surface area contributed by atoms with Crippen LogP contribution in [0, 0.1) is 0 Å². The van der Waals surface area contributed by atoms with Gasteiger partial charge in [0.1, 0.15) is 5.76 Å². The number of carboxylic acids is 1. The van der Waals surface area contributed by atoms with Crippen LogP contribution in [0.4, 0.5) is 4.79 Å². The Hall–Kier alpha value is -2.28. The lowest BCUT2D eigenvalue weighted by Gasteiger charge is -2.20. The van der Waals surface area contributed by atoms with E-state index in [0.717, 1.165) is 0 Å². The van der Waals surface area contributed by atoms with Crippen molar-refractivity contribution in [2.75, 3.05) is 26.8 Å². The molecule has 0 saturated carbocycles.